The van der Waals surface area contributed by atoms with Gasteiger partial charge >= 0.3 is 6.03 Å². The molecule has 0 atom stereocenters. The molecule has 0 saturated heterocycles. The fraction of sp³-hybridized carbons (Fsp3) is 0.333. The van der Waals surface area contributed by atoms with Crippen LogP contribution < -0.4 is 5.32 Å². The van der Waals surface area contributed by atoms with E-state index in [9.17, 15) is 4.79 Å². The third kappa shape index (κ3) is 3.62. The highest BCUT2D eigenvalue weighted by Crippen LogP contribution is 2.16. The summed E-state index contributed by atoms with van der Waals surface area (Å²) in [7, 11) is 1.69. The molecule has 0 fully saturated rings. The number of hydrogen-bond donors (Lipinski definition) is 3. The van der Waals surface area contributed by atoms with Gasteiger partial charge in [-0.25, -0.2) is 4.79 Å². The number of aromatic amines is 2. The number of carbonyl (C=O) groups is 1. The van der Waals surface area contributed by atoms with Gasteiger partial charge in [0.15, 0.2) is 11.6 Å². The number of nitrogens with zero attached hydrogens (tertiary/aromatic N) is 4. The molecule has 126 valence electrons. The Kier molecular flexibility index (Phi) is 4.59. The number of aryl methyl sites for hydroxylation is 1. The highest BCUT2D eigenvalue weighted by Gasteiger charge is 2.14. The van der Waals surface area contributed by atoms with Gasteiger partial charge in [0.25, 0.3) is 5.95 Å². The van der Waals surface area contributed by atoms with Crippen LogP contribution in [-0.4, -0.2) is 43.4 Å². The van der Waals surface area contributed by atoms with Gasteiger partial charge in [-0.15, -0.1) is 5.10 Å². The molecule has 3 rings (SSSR count). The van der Waals surface area contributed by atoms with Gasteiger partial charge in [-0.2, -0.15) is 10.1 Å². The second kappa shape index (κ2) is 6.99. The number of anilines is 1. The molecule has 3 aromatic heterocycles. The molecule has 0 aliphatic heterocycles. The van der Waals surface area contributed by atoms with Gasteiger partial charge < -0.3 is 9.32 Å². The lowest BCUT2D eigenvalue weighted by molar-refractivity contribution is 0.220. The van der Waals surface area contributed by atoms with E-state index in [2.05, 4.69) is 37.6 Å². The number of furan rings is 1. The number of aromatic nitrogens is 5. The van der Waals surface area contributed by atoms with Crippen molar-refractivity contribution in [3.63, 3.8) is 0 Å². The summed E-state index contributed by atoms with van der Waals surface area (Å²) in [5.41, 5.74) is 1.88. The van der Waals surface area contributed by atoms with E-state index in [0.717, 1.165) is 24.2 Å². The molecule has 0 aromatic carbocycles. The van der Waals surface area contributed by atoms with Crippen molar-refractivity contribution in [1.29, 1.82) is 0 Å². The fourth-order valence-corrected chi connectivity index (χ4v) is 2.23. The van der Waals surface area contributed by atoms with Crippen LogP contribution in [0.2, 0.25) is 0 Å². The van der Waals surface area contributed by atoms with Crippen LogP contribution in [0.4, 0.5) is 10.7 Å². The van der Waals surface area contributed by atoms with Crippen molar-refractivity contribution in [3.8, 4) is 11.6 Å². The van der Waals surface area contributed by atoms with Gasteiger partial charge in [0.05, 0.1) is 24.2 Å². The zero-order chi connectivity index (χ0) is 16.9. The quantitative estimate of drug-likeness (QED) is 0.642. The Morgan fingerprint density at radius 3 is 3.00 bits per heavy atom. The number of carbonyl (C=O) groups excluding carboxylic acids is 1. The molecule has 0 spiro atoms. The molecular weight excluding hydrogens is 310 g/mol. The number of nitrogens with one attached hydrogen (secondary N) is 3. The smallest absolute Gasteiger partial charge is 0.324 e. The van der Waals surface area contributed by atoms with Crippen LogP contribution >= 0.6 is 0 Å². The van der Waals surface area contributed by atoms with E-state index in [-0.39, 0.29) is 12.0 Å². The van der Waals surface area contributed by atoms with E-state index >= 15 is 0 Å². The molecule has 0 radical (unpaired) electrons. The molecule has 24 heavy (non-hydrogen) atoms. The van der Waals surface area contributed by atoms with Crippen molar-refractivity contribution in [3.05, 3.63) is 35.9 Å². The predicted molar refractivity (Wildman–Crippen MR) is 87.2 cm³/mol. The molecule has 0 unspecified atom stereocenters. The average Bonchev–Trinajstić information content (AvgIpc) is 3.28. The number of hydrogen-bond acceptors (Lipinski definition) is 5. The number of rotatable bonds is 6. The predicted octanol–water partition coefficient (Wildman–Crippen LogP) is 2.40. The Balaban J connectivity index is 1.57. The van der Waals surface area contributed by atoms with E-state index in [1.165, 1.54) is 4.90 Å². The van der Waals surface area contributed by atoms with Gasteiger partial charge in [0.2, 0.25) is 0 Å². The van der Waals surface area contributed by atoms with E-state index in [1.807, 2.05) is 6.07 Å². The van der Waals surface area contributed by atoms with Crippen molar-refractivity contribution in [2.75, 3.05) is 12.4 Å². The largest absolute Gasteiger partial charge is 0.461 e. The molecule has 0 aliphatic rings. The summed E-state index contributed by atoms with van der Waals surface area (Å²) < 4.78 is 5.22. The second-order valence-corrected chi connectivity index (χ2v) is 5.41. The van der Waals surface area contributed by atoms with E-state index < -0.39 is 0 Å². The van der Waals surface area contributed by atoms with E-state index in [0.29, 0.717) is 18.1 Å². The Bertz CT molecular complexity index is 790. The normalized spacial score (nSPS) is 10.8. The van der Waals surface area contributed by atoms with Crippen molar-refractivity contribution in [2.24, 2.45) is 0 Å². The Morgan fingerprint density at radius 2 is 2.25 bits per heavy atom. The lowest BCUT2D eigenvalue weighted by Crippen LogP contribution is -2.31. The number of urea groups is 1. The molecule has 2 amide bonds. The summed E-state index contributed by atoms with van der Waals surface area (Å²) in [5, 5.41) is 16.5. The van der Waals surface area contributed by atoms with Crippen molar-refractivity contribution in [1.82, 2.24) is 30.3 Å². The molecule has 3 heterocycles. The molecule has 3 N–H and O–H groups in total. The first-order valence-corrected chi connectivity index (χ1v) is 7.67. The summed E-state index contributed by atoms with van der Waals surface area (Å²) in [5.74, 6) is 1.20. The fourth-order valence-electron chi connectivity index (χ4n) is 2.23. The Morgan fingerprint density at radius 1 is 1.38 bits per heavy atom. The van der Waals surface area contributed by atoms with Crippen LogP contribution in [0.1, 0.15) is 24.7 Å². The van der Waals surface area contributed by atoms with Crippen LogP contribution in [-0.2, 0) is 13.0 Å². The van der Waals surface area contributed by atoms with Crippen LogP contribution in [0.25, 0.3) is 11.6 Å². The Hall–Kier alpha value is -3.10. The maximum absolute atomic E-state index is 12.2. The zero-order valence-electron chi connectivity index (χ0n) is 13.5. The van der Waals surface area contributed by atoms with Crippen LogP contribution in [0.15, 0.2) is 28.9 Å². The first-order valence-electron chi connectivity index (χ1n) is 7.67. The maximum Gasteiger partial charge on any atom is 0.324 e. The third-order valence-electron chi connectivity index (χ3n) is 3.40. The summed E-state index contributed by atoms with van der Waals surface area (Å²) >= 11 is 0. The summed E-state index contributed by atoms with van der Waals surface area (Å²) in [6.07, 6.45) is 3.49. The number of amides is 2. The van der Waals surface area contributed by atoms with Gasteiger partial charge in [-0.05, 0) is 24.6 Å². The minimum Gasteiger partial charge on any atom is -0.461 e. The lowest BCUT2D eigenvalue weighted by Gasteiger charge is -2.15. The van der Waals surface area contributed by atoms with Crippen LogP contribution in [0, 0.1) is 0 Å². The second-order valence-electron chi connectivity index (χ2n) is 5.41. The van der Waals surface area contributed by atoms with E-state index in [1.54, 1.807) is 25.4 Å². The molecule has 0 saturated carbocycles. The lowest BCUT2D eigenvalue weighted by atomic mass is 10.2. The monoisotopic (exact) mass is 329 g/mol. The highest BCUT2D eigenvalue weighted by atomic mass is 16.3. The minimum absolute atomic E-state index is 0.189. The minimum atomic E-state index is -0.313. The van der Waals surface area contributed by atoms with Crippen molar-refractivity contribution in [2.45, 2.75) is 26.3 Å². The number of H-pyrrole nitrogens is 2. The topological polar surface area (TPSA) is 116 Å². The standard InChI is InChI=1S/C15H19N7O2/c1-3-5-10-8-11(19-18-10)9-22(2)15(23)17-14-16-13(20-21-14)12-6-4-7-24-12/h4,6-8H,3,5,9H2,1-2H3,(H,18,19)(H2,16,17,20,21,23). The van der Waals surface area contributed by atoms with Crippen molar-refractivity contribution < 1.29 is 9.21 Å². The maximum atomic E-state index is 12.2. The molecule has 9 heteroatoms. The first-order chi connectivity index (χ1) is 11.7. The van der Waals surface area contributed by atoms with Gasteiger partial charge in [-0.1, -0.05) is 13.3 Å². The molecule has 0 bridgehead atoms. The molecule has 3 aromatic rings. The summed E-state index contributed by atoms with van der Waals surface area (Å²) in [6.45, 7) is 2.51. The van der Waals surface area contributed by atoms with Gasteiger partial charge in [-0.3, -0.25) is 15.5 Å². The summed E-state index contributed by atoms with van der Waals surface area (Å²) in [6, 6.07) is 5.16. The first kappa shape index (κ1) is 15.8. The van der Waals surface area contributed by atoms with Gasteiger partial charge in [0, 0.05) is 7.05 Å². The average molecular weight is 329 g/mol. The van der Waals surface area contributed by atoms with Crippen LogP contribution in [0.5, 0.6) is 0 Å². The third-order valence-corrected chi connectivity index (χ3v) is 3.40. The SMILES string of the molecule is CCCc1cc(CN(C)C(=O)Nc2n[nH]c(-c3ccco3)n2)[nH]n1. The van der Waals surface area contributed by atoms with Gasteiger partial charge in [0.1, 0.15) is 0 Å². The molecule has 0 aliphatic carbocycles. The highest BCUT2D eigenvalue weighted by molar-refractivity contribution is 5.87. The Labute approximate surface area is 138 Å². The van der Waals surface area contributed by atoms with Crippen LogP contribution in [0.3, 0.4) is 0 Å². The zero-order valence-corrected chi connectivity index (χ0v) is 13.5. The summed E-state index contributed by atoms with van der Waals surface area (Å²) in [4.78, 5) is 17.9. The molecular formula is C15H19N7O2. The van der Waals surface area contributed by atoms with E-state index in [4.69, 9.17) is 4.42 Å². The van der Waals surface area contributed by atoms with Crippen molar-refractivity contribution >= 4 is 12.0 Å². The molecule has 9 nitrogen and oxygen atoms in total.